The molecule has 0 aliphatic rings. The summed E-state index contributed by atoms with van der Waals surface area (Å²) in [5.74, 6) is -42.4. The van der Waals surface area contributed by atoms with Crippen LogP contribution in [0.4, 0.5) is 64.1 Å². The Labute approximate surface area is 273 Å². The molecule has 0 bridgehead atoms. The zero-order valence-electron chi connectivity index (χ0n) is 27.5. The molecule has 0 atom stereocenters. The van der Waals surface area contributed by atoms with Crippen LogP contribution in [0.25, 0.3) is 0 Å². The lowest BCUT2D eigenvalue weighted by atomic mass is 9.84. The normalized spacial score (nSPS) is 13.8. The van der Waals surface area contributed by atoms with Crippen LogP contribution >= 0.6 is 0 Å². The minimum absolute atomic E-state index is 0.0735. The van der Waals surface area contributed by atoms with E-state index in [1.165, 1.54) is 0 Å². The van der Waals surface area contributed by atoms with Crippen molar-refractivity contribution in [3.05, 3.63) is 57.6 Å². The largest absolute Gasteiger partial charge is 0.398 e. The maximum Gasteiger partial charge on any atom is 0.385 e. The van der Waals surface area contributed by atoms with E-state index in [2.05, 4.69) is 0 Å². The Bertz CT molecular complexity index is 1210. The van der Waals surface area contributed by atoms with Gasteiger partial charge in [0.1, 0.15) is 0 Å². The summed E-state index contributed by atoms with van der Waals surface area (Å²) in [4.78, 5) is 0. The van der Waals surface area contributed by atoms with Crippen molar-refractivity contribution in [1.29, 1.82) is 0 Å². The Morgan fingerprint density at radius 2 is 0.604 bits per heavy atom. The predicted molar refractivity (Wildman–Crippen MR) is 164 cm³/mol. The van der Waals surface area contributed by atoms with Gasteiger partial charge in [-0.25, -0.2) is 0 Å². The van der Waals surface area contributed by atoms with Crippen molar-refractivity contribution < 1.29 is 52.7 Å². The second kappa shape index (κ2) is 15.4. The van der Waals surface area contributed by atoms with E-state index in [4.69, 9.17) is 11.5 Å². The number of hydrogen-bond donors (Lipinski definition) is 2. The second-order valence-electron chi connectivity index (χ2n) is 12.3. The van der Waals surface area contributed by atoms with Gasteiger partial charge in [0.15, 0.2) is 0 Å². The molecule has 0 saturated carbocycles. The van der Waals surface area contributed by atoms with E-state index in [1.54, 1.807) is 27.7 Å². The summed E-state index contributed by atoms with van der Waals surface area (Å²) in [5, 5.41) is 0. The number of alkyl halides is 12. The second-order valence-corrected chi connectivity index (χ2v) is 12.3. The molecule has 2 rings (SSSR count). The molecule has 0 unspecified atom stereocenters. The zero-order chi connectivity index (χ0) is 36.9. The number of anilines is 2. The Hall–Kier alpha value is -2.80. The number of rotatable bonds is 19. The topological polar surface area (TPSA) is 52.0 Å². The highest BCUT2D eigenvalue weighted by Gasteiger charge is 2.90. The van der Waals surface area contributed by atoms with Gasteiger partial charge in [-0.1, -0.05) is 53.4 Å². The maximum atomic E-state index is 15.4. The molecular formula is C34H44F12N2. The maximum absolute atomic E-state index is 15.4. The molecule has 14 heteroatoms. The van der Waals surface area contributed by atoms with Crippen LogP contribution in [0.2, 0.25) is 0 Å². The highest BCUT2D eigenvalue weighted by molar-refractivity contribution is 5.58. The van der Waals surface area contributed by atoms with Crippen LogP contribution in [0.5, 0.6) is 0 Å². The first-order chi connectivity index (χ1) is 22.0. The molecule has 4 N–H and O–H groups in total. The monoisotopic (exact) mass is 708 g/mol. The van der Waals surface area contributed by atoms with Gasteiger partial charge in [0.25, 0.3) is 0 Å². The third kappa shape index (κ3) is 7.37. The van der Waals surface area contributed by atoms with Gasteiger partial charge in [-0.05, 0) is 97.9 Å². The summed E-state index contributed by atoms with van der Waals surface area (Å²) in [5.41, 5.74) is 7.38. The molecule has 274 valence electrons. The Morgan fingerprint density at radius 3 is 0.792 bits per heavy atom. The van der Waals surface area contributed by atoms with Crippen LogP contribution in [0.15, 0.2) is 24.3 Å². The summed E-state index contributed by atoms with van der Waals surface area (Å²) < 4.78 is 183. The first-order valence-electron chi connectivity index (χ1n) is 16.1. The fourth-order valence-electron chi connectivity index (χ4n) is 5.37. The van der Waals surface area contributed by atoms with Crippen LogP contribution in [0, 0.1) is 0 Å². The van der Waals surface area contributed by atoms with Crippen molar-refractivity contribution in [3.8, 4) is 0 Å². The number of nitrogens with two attached hydrogens (primary N) is 2. The third-order valence-corrected chi connectivity index (χ3v) is 8.60. The van der Waals surface area contributed by atoms with Crippen LogP contribution in [0.1, 0.15) is 112 Å². The average Bonchev–Trinajstić information content (AvgIpc) is 3.01. The van der Waals surface area contributed by atoms with Crippen LogP contribution in [-0.2, 0) is 37.5 Å². The summed E-state index contributed by atoms with van der Waals surface area (Å²) in [6.45, 7) is 6.78. The predicted octanol–water partition coefficient (Wildman–Crippen LogP) is 11.6. The van der Waals surface area contributed by atoms with Crippen molar-refractivity contribution in [2.45, 2.75) is 140 Å². The van der Waals surface area contributed by atoms with Gasteiger partial charge < -0.3 is 11.5 Å². The molecule has 0 fully saturated rings. The third-order valence-electron chi connectivity index (χ3n) is 8.60. The molecule has 48 heavy (non-hydrogen) atoms. The lowest BCUT2D eigenvalue weighted by Crippen LogP contribution is -2.69. The van der Waals surface area contributed by atoms with Crippen molar-refractivity contribution in [2.75, 3.05) is 11.5 Å². The van der Waals surface area contributed by atoms with Gasteiger partial charge in [0.2, 0.25) is 0 Å². The first kappa shape index (κ1) is 41.4. The number of unbranched alkanes of at least 4 members (excludes halogenated alkanes) is 4. The van der Waals surface area contributed by atoms with E-state index in [-0.39, 0.29) is 59.3 Å². The Balaban J connectivity index is 2.74. The molecule has 0 heterocycles. The summed E-state index contributed by atoms with van der Waals surface area (Å²) in [7, 11) is 0. The van der Waals surface area contributed by atoms with Gasteiger partial charge >= 0.3 is 35.5 Å². The highest BCUT2D eigenvalue weighted by Crippen LogP contribution is 2.63. The highest BCUT2D eigenvalue weighted by atomic mass is 19.4. The smallest absolute Gasteiger partial charge is 0.385 e. The van der Waals surface area contributed by atoms with Crippen LogP contribution in [-0.4, -0.2) is 23.7 Å². The zero-order valence-corrected chi connectivity index (χ0v) is 27.5. The number of nitrogen functional groups attached to an aromatic ring is 2. The van der Waals surface area contributed by atoms with Gasteiger partial charge in [-0.3, -0.25) is 0 Å². The van der Waals surface area contributed by atoms with Crippen molar-refractivity contribution in [3.63, 3.8) is 0 Å². The van der Waals surface area contributed by atoms with Gasteiger partial charge in [-0.2, -0.15) is 52.7 Å². The molecule has 0 aromatic heterocycles. The lowest BCUT2D eigenvalue weighted by Gasteiger charge is -2.41. The molecule has 2 aromatic rings. The van der Waals surface area contributed by atoms with Crippen LogP contribution < -0.4 is 11.5 Å². The molecule has 0 radical (unpaired) electrons. The van der Waals surface area contributed by atoms with E-state index >= 15 is 52.7 Å². The summed E-state index contributed by atoms with van der Waals surface area (Å²) in [6.07, 6.45) is 2.79. The fourth-order valence-corrected chi connectivity index (χ4v) is 5.37. The number of halogens is 12. The molecule has 2 aromatic carbocycles. The standard InChI is InChI=1S/C34H44F12N2/c1-5-9-13-21-17-25(18-22(27(21)47)14-10-6-2)29(35,36)31(39,40)33(43,44)34(45,46)32(41,42)30(37,38)26-19-23(15-11-7-3)28(48)24(20-26)16-12-8-4/h17-20H,5-16,47-48H2,1-4H3. The van der Waals surface area contributed by atoms with Gasteiger partial charge in [0.05, 0.1) is 0 Å². The molecule has 0 amide bonds. The average molecular weight is 709 g/mol. The lowest BCUT2D eigenvalue weighted by molar-refractivity contribution is -0.429. The first-order valence-corrected chi connectivity index (χ1v) is 16.1. The van der Waals surface area contributed by atoms with E-state index < -0.39 is 46.7 Å². The quantitative estimate of drug-likeness (QED) is 0.113. The Kier molecular flexibility index (Phi) is 13.3. The van der Waals surface area contributed by atoms with E-state index in [0.717, 1.165) is 0 Å². The Morgan fingerprint density at radius 1 is 0.396 bits per heavy atom. The van der Waals surface area contributed by atoms with Crippen molar-refractivity contribution >= 4 is 11.4 Å². The number of aryl methyl sites for hydroxylation is 4. The molecule has 0 aliphatic heterocycles. The van der Waals surface area contributed by atoms with Crippen molar-refractivity contribution in [2.24, 2.45) is 0 Å². The molecule has 2 nitrogen and oxygen atoms in total. The van der Waals surface area contributed by atoms with Crippen LogP contribution in [0.3, 0.4) is 0 Å². The van der Waals surface area contributed by atoms with Gasteiger partial charge in [0, 0.05) is 22.5 Å². The van der Waals surface area contributed by atoms with E-state index in [1.807, 2.05) is 0 Å². The minimum atomic E-state index is -7.70. The van der Waals surface area contributed by atoms with E-state index in [9.17, 15) is 0 Å². The van der Waals surface area contributed by atoms with Crippen molar-refractivity contribution in [1.82, 2.24) is 0 Å². The van der Waals surface area contributed by atoms with E-state index in [0.29, 0.717) is 75.6 Å². The summed E-state index contributed by atoms with van der Waals surface area (Å²) >= 11 is 0. The minimum Gasteiger partial charge on any atom is -0.398 e. The molecule has 0 aliphatic carbocycles. The summed E-state index contributed by atoms with van der Waals surface area (Å²) in [6, 6.07) is 1.33. The SMILES string of the molecule is CCCCc1cc(C(F)(F)C(F)(F)C(F)(F)C(F)(F)C(F)(F)C(F)(F)c2cc(CCCC)c(N)c(CCCC)c2)cc(CCCC)c1N. The molecule has 0 saturated heterocycles. The fraction of sp³-hybridized carbons (Fsp3) is 0.647. The molecular weight excluding hydrogens is 664 g/mol. The number of hydrogen-bond acceptors (Lipinski definition) is 2. The number of benzene rings is 2. The molecule has 0 spiro atoms. The van der Waals surface area contributed by atoms with Gasteiger partial charge in [-0.15, -0.1) is 0 Å².